The molecule has 0 amide bonds. The van der Waals surface area contributed by atoms with Crippen molar-refractivity contribution in [3.8, 4) is 11.8 Å². The number of rotatable bonds is 3. The van der Waals surface area contributed by atoms with Gasteiger partial charge in [0.25, 0.3) is 0 Å². The Labute approximate surface area is 127 Å². The van der Waals surface area contributed by atoms with Crippen molar-refractivity contribution in [2.45, 2.75) is 45.6 Å². The molecule has 0 aliphatic rings. The molecule has 0 radical (unpaired) electrons. The number of sulfonamides is 1. The molecule has 0 aliphatic heterocycles. The molecule has 21 heavy (non-hydrogen) atoms. The van der Waals surface area contributed by atoms with Gasteiger partial charge in [-0.3, -0.25) is 0 Å². The fourth-order valence-electron chi connectivity index (χ4n) is 1.58. The Morgan fingerprint density at radius 1 is 1.33 bits per heavy atom. The second-order valence-electron chi connectivity index (χ2n) is 6.15. The Morgan fingerprint density at radius 2 is 1.95 bits per heavy atom. The lowest BCUT2D eigenvalue weighted by Crippen LogP contribution is -2.41. The third-order valence-corrected chi connectivity index (χ3v) is 5.10. The van der Waals surface area contributed by atoms with Crippen LogP contribution < -0.4 is 4.72 Å². The maximum absolute atomic E-state index is 12.5. The van der Waals surface area contributed by atoms with Crippen molar-refractivity contribution in [3.05, 3.63) is 29.3 Å². The lowest BCUT2D eigenvalue weighted by Gasteiger charge is -2.28. The first-order valence-electron chi connectivity index (χ1n) is 6.80. The molecule has 1 atom stereocenters. The van der Waals surface area contributed by atoms with E-state index in [1.54, 1.807) is 19.1 Å². The summed E-state index contributed by atoms with van der Waals surface area (Å²) < 4.78 is 27.8. The quantitative estimate of drug-likeness (QED) is 0.840. The van der Waals surface area contributed by atoms with E-state index in [0.29, 0.717) is 11.1 Å². The molecule has 0 fully saturated rings. The van der Waals surface area contributed by atoms with E-state index >= 15 is 0 Å². The zero-order valence-electron chi connectivity index (χ0n) is 13.2. The molecule has 0 saturated carbocycles. The van der Waals surface area contributed by atoms with Gasteiger partial charge in [-0.15, -0.1) is 0 Å². The molecule has 2 N–H and O–H groups in total. The SMILES string of the molecule is Cc1ccc(C#CCO)cc1S(=O)(=O)NC(C)C(C)(C)C. The van der Waals surface area contributed by atoms with E-state index in [1.807, 2.05) is 27.7 Å². The summed E-state index contributed by atoms with van der Waals surface area (Å²) in [5, 5.41) is 8.72. The lowest BCUT2D eigenvalue weighted by atomic mass is 9.89. The van der Waals surface area contributed by atoms with Crippen LogP contribution in [0.15, 0.2) is 23.1 Å². The smallest absolute Gasteiger partial charge is 0.241 e. The Balaban J connectivity index is 3.19. The lowest BCUT2D eigenvalue weighted by molar-refractivity contribution is 0.317. The van der Waals surface area contributed by atoms with Crippen molar-refractivity contribution in [1.82, 2.24) is 4.72 Å². The van der Waals surface area contributed by atoms with Crippen molar-refractivity contribution >= 4 is 10.0 Å². The first-order chi connectivity index (χ1) is 9.58. The van der Waals surface area contributed by atoms with Crippen LogP contribution in [0, 0.1) is 24.2 Å². The third kappa shape index (κ3) is 4.85. The minimum absolute atomic E-state index is 0.171. The second-order valence-corrected chi connectivity index (χ2v) is 7.83. The second kappa shape index (κ2) is 6.61. The van der Waals surface area contributed by atoms with Gasteiger partial charge in [0.1, 0.15) is 6.61 Å². The van der Waals surface area contributed by atoms with Crippen molar-refractivity contribution < 1.29 is 13.5 Å². The summed E-state index contributed by atoms with van der Waals surface area (Å²) in [5.74, 6) is 5.24. The number of aryl methyl sites for hydroxylation is 1. The van der Waals surface area contributed by atoms with Gasteiger partial charge in [0.15, 0.2) is 0 Å². The van der Waals surface area contributed by atoms with E-state index in [1.165, 1.54) is 6.07 Å². The van der Waals surface area contributed by atoms with E-state index in [-0.39, 0.29) is 23.0 Å². The largest absolute Gasteiger partial charge is 0.384 e. The number of hydrogen-bond donors (Lipinski definition) is 2. The van der Waals surface area contributed by atoms with Gasteiger partial charge in [-0.1, -0.05) is 38.7 Å². The van der Waals surface area contributed by atoms with Crippen LogP contribution in [0.2, 0.25) is 0 Å². The Bertz CT molecular complexity index is 661. The zero-order chi connectivity index (χ0) is 16.3. The van der Waals surface area contributed by atoms with Crippen LogP contribution >= 0.6 is 0 Å². The molecule has 0 heterocycles. The molecular formula is C16H23NO3S. The van der Waals surface area contributed by atoms with E-state index in [4.69, 9.17) is 5.11 Å². The maximum Gasteiger partial charge on any atom is 0.241 e. The molecule has 5 heteroatoms. The molecule has 0 aromatic heterocycles. The van der Waals surface area contributed by atoms with Gasteiger partial charge in [0.2, 0.25) is 10.0 Å². The van der Waals surface area contributed by atoms with Crippen LogP contribution in [0.5, 0.6) is 0 Å². The van der Waals surface area contributed by atoms with Crippen LogP contribution in [-0.2, 0) is 10.0 Å². The summed E-state index contributed by atoms with van der Waals surface area (Å²) in [4.78, 5) is 0.225. The summed E-state index contributed by atoms with van der Waals surface area (Å²) in [6, 6.07) is 4.80. The highest BCUT2D eigenvalue weighted by Crippen LogP contribution is 2.22. The summed E-state index contributed by atoms with van der Waals surface area (Å²) in [6.45, 7) is 9.29. The topological polar surface area (TPSA) is 66.4 Å². The van der Waals surface area contributed by atoms with E-state index in [9.17, 15) is 8.42 Å². The average molecular weight is 309 g/mol. The predicted octanol–water partition coefficient (Wildman–Crippen LogP) is 2.05. The van der Waals surface area contributed by atoms with Crippen LogP contribution in [0.4, 0.5) is 0 Å². The zero-order valence-corrected chi connectivity index (χ0v) is 14.0. The highest BCUT2D eigenvalue weighted by atomic mass is 32.2. The molecule has 1 rings (SSSR count). The summed E-state index contributed by atoms with van der Waals surface area (Å²) in [5.41, 5.74) is 1.06. The minimum atomic E-state index is -3.60. The molecule has 116 valence electrons. The molecule has 1 aromatic carbocycles. The summed E-state index contributed by atoms with van der Waals surface area (Å²) in [7, 11) is -3.60. The van der Waals surface area contributed by atoms with Gasteiger partial charge in [-0.2, -0.15) is 0 Å². The fraction of sp³-hybridized carbons (Fsp3) is 0.500. The number of benzene rings is 1. The Kier molecular flexibility index (Phi) is 5.57. The number of hydrogen-bond acceptors (Lipinski definition) is 3. The molecule has 0 saturated heterocycles. The molecule has 0 spiro atoms. The molecule has 0 aliphatic carbocycles. The standard InChI is InChI=1S/C16H23NO3S/c1-12-8-9-14(7-6-10-18)11-15(12)21(19,20)17-13(2)16(3,4)5/h8-9,11,13,17-18H,10H2,1-5H3. The van der Waals surface area contributed by atoms with Crippen LogP contribution in [0.3, 0.4) is 0 Å². The molecular weight excluding hydrogens is 286 g/mol. The maximum atomic E-state index is 12.5. The monoisotopic (exact) mass is 309 g/mol. The molecule has 4 nitrogen and oxygen atoms in total. The van der Waals surface area contributed by atoms with Gasteiger partial charge < -0.3 is 5.11 Å². The molecule has 1 unspecified atom stereocenters. The third-order valence-electron chi connectivity index (χ3n) is 3.42. The van der Waals surface area contributed by atoms with Crippen molar-refractivity contribution in [3.63, 3.8) is 0 Å². The van der Waals surface area contributed by atoms with Crippen molar-refractivity contribution in [1.29, 1.82) is 0 Å². The van der Waals surface area contributed by atoms with Crippen LogP contribution in [-0.4, -0.2) is 26.2 Å². The fourth-order valence-corrected chi connectivity index (χ4v) is 3.30. The van der Waals surface area contributed by atoms with E-state index in [0.717, 1.165) is 0 Å². The van der Waals surface area contributed by atoms with Crippen LogP contribution in [0.1, 0.15) is 38.8 Å². The van der Waals surface area contributed by atoms with E-state index in [2.05, 4.69) is 16.6 Å². The normalized spacial score (nSPS) is 13.4. The average Bonchev–Trinajstić information content (AvgIpc) is 2.36. The molecule has 0 bridgehead atoms. The highest BCUT2D eigenvalue weighted by molar-refractivity contribution is 7.89. The first kappa shape index (κ1) is 17.7. The number of aliphatic hydroxyl groups excluding tert-OH is 1. The summed E-state index contributed by atoms with van der Waals surface area (Å²) >= 11 is 0. The van der Waals surface area contributed by atoms with Gasteiger partial charge >= 0.3 is 0 Å². The Morgan fingerprint density at radius 3 is 2.48 bits per heavy atom. The highest BCUT2D eigenvalue weighted by Gasteiger charge is 2.26. The van der Waals surface area contributed by atoms with Crippen LogP contribution in [0.25, 0.3) is 0 Å². The first-order valence-corrected chi connectivity index (χ1v) is 8.29. The minimum Gasteiger partial charge on any atom is -0.384 e. The number of nitrogens with one attached hydrogen (secondary N) is 1. The van der Waals surface area contributed by atoms with Gasteiger partial charge in [-0.25, -0.2) is 13.1 Å². The Hall–Kier alpha value is -1.35. The van der Waals surface area contributed by atoms with Gasteiger partial charge in [-0.05, 0) is 37.0 Å². The van der Waals surface area contributed by atoms with Crippen molar-refractivity contribution in [2.24, 2.45) is 5.41 Å². The van der Waals surface area contributed by atoms with Gasteiger partial charge in [0, 0.05) is 11.6 Å². The number of aliphatic hydroxyl groups is 1. The molecule has 1 aromatic rings. The van der Waals surface area contributed by atoms with E-state index < -0.39 is 10.0 Å². The van der Waals surface area contributed by atoms with Gasteiger partial charge in [0.05, 0.1) is 4.90 Å². The predicted molar refractivity (Wildman–Crippen MR) is 84.4 cm³/mol. The van der Waals surface area contributed by atoms with Crippen molar-refractivity contribution in [2.75, 3.05) is 6.61 Å². The summed E-state index contributed by atoms with van der Waals surface area (Å²) in [6.07, 6.45) is 0.